The quantitative estimate of drug-likeness (QED) is 0.736. The Morgan fingerprint density at radius 3 is 2.57 bits per heavy atom. The zero-order chi connectivity index (χ0) is 19.5. The third-order valence-corrected chi connectivity index (χ3v) is 6.33. The number of rotatable bonds is 4. The molecule has 0 bridgehead atoms. The SMILES string of the molecule is O=C(NC1CCN(Cc2ccc3c(c2)N(Br)C(=O)CC3)CC1)c1ccccc1. The van der Waals surface area contributed by atoms with Crippen molar-refractivity contribution in [2.75, 3.05) is 17.0 Å². The number of anilines is 1. The number of nitrogens with one attached hydrogen (secondary N) is 1. The van der Waals surface area contributed by atoms with Gasteiger partial charge in [-0.15, -0.1) is 0 Å². The predicted octanol–water partition coefficient (Wildman–Crippen LogP) is 3.67. The molecular weight excluding hydrogens is 418 g/mol. The van der Waals surface area contributed by atoms with Gasteiger partial charge in [0.2, 0.25) is 5.91 Å². The lowest BCUT2D eigenvalue weighted by molar-refractivity contribution is -0.117. The van der Waals surface area contributed by atoms with Crippen LogP contribution in [0.5, 0.6) is 0 Å². The van der Waals surface area contributed by atoms with Crippen molar-refractivity contribution in [2.45, 2.75) is 38.3 Å². The normalized spacial score (nSPS) is 18.0. The lowest BCUT2D eigenvalue weighted by atomic mass is 9.99. The molecular formula is C22H24BrN3O2. The largest absolute Gasteiger partial charge is 0.349 e. The minimum atomic E-state index is 0.0100. The summed E-state index contributed by atoms with van der Waals surface area (Å²) < 4.78 is 1.60. The predicted molar refractivity (Wildman–Crippen MR) is 113 cm³/mol. The molecule has 6 heteroatoms. The molecule has 2 aliphatic heterocycles. The number of fused-ring (bicyclic) bond motifs is 1. The monoisotopic (exact) mass is 441 g/mol. The summed E-state index contributed by atoms with van der Waals surface area (Å²) in [7, 11) is 0. The lowest BCUT2D eigenvalue weighted by Gasteiger charge is -2.33. The summed E-state index contributed by atoms with van der Waals surface area (Å²) in [5, 5.41) is 3.16. The summed E-state index contributed by atoms with van der Waals surface area (Å²) in [6.07, 6.45) is 3.27. The number of hydrogen-bond acceptors (Lipinski definition) is 3. The van der Waals surface area contributed by atoms with Gasteiger partial charge in [0.05, 0.1) is 21.8 Å². The Balaban J connectivity index is 1.31. The minimum Gasteiger partial charge on any atom is -0.349 e. The number of likely N-dealkylation sites (tertiary alicyclic amines) is 1. The molecule has 1 N–H and O–H groups in total. The van der Waals surface area contributed by atoms with Crippen LogP contribution in [0.3, 0.4) is 0 Å². The van der Waals surface area contributed by atoms with Gasteiger partial charge < -0.3 is 5.32 Å². The van der Waals surface area contributed by atoms with Crippen LogP contribution in [0.15, 0.2) is 48.5 Å². The van der Waals surface area contributed by atoms with Gasteiger partial charge in [-0.1, -0.05) is 30.3 Å². The molecule has 0 saturated carbocycles. The third kappa shape index (κ3) is 4.28. The van der Waals surface area contributed by atoms with E-state index >= 15 is 0 Å². The molecule has 4 rings (SSSR count). The maximum Gasteiger partial charge on any atom is 0.251 e. The summed E-state index contributed by atoms with van der Waals surface area (Å²) in [5.41, 5.74) is 4.11. The second-order valence-electron chi connectivity index (χ2n) is 7.53. The van der Waals surface area contributed by atoms with Crippen LogP contribution in [0.1, 0.15) is 40.7 Å². The number of halogens is 1. The number of hydrogen-bond donors (Lipinski definition) is 1. The Hall–Kier alpha value is -2.18. The molecule has 28 heavy (non-hydrogen) atoms. The number of aryl methyl sites for hydroxylation is 1. The highest BCUT2D eigenvalue weighted by Gasteiger charge is 2.24. The molecule has 0 atom stereocenters. The first-order valence-electron chi connectivity index (χ1n) is 9.79. The number of nitrogens with zero attached hydrogens (tertiary/aromatic N) is 2. The number of piperidine rings is 1. The van der Waals surface area contributed by atoms with Crippen molar-refractivity contribution in [3.05, 3.63) is 65.2 Å². The van der Waals surface area contributed by atoms with E-state index in [1.807, 2.05) is 30.3 Å². The topological polar surface area (TPSA) is 52.7 Å². The van der Waals surface area contributed by atoms with E-state index in [1.54, 1.807) is 3.93 Å². The molecule has 0 unspecified atom stereocenters. The molecule has 1 saturated heterocycles. The fourth-order valence-corrected chi connectivity index (χ4v) is 4.44. The summed E-state index contributed by atoms with van der Waals surface area (Å²) in [6, 6.07) is 16.0. The molecule has 2 amide bonds. The second-order valence-corrected chi connectivity index (χ2v) is 8.24. The van der Waals surface area contributed by atoms with Crippen molar-refractivity contribution < 1.29 is 9.59 Å². The zero-order valence-electron chi connectivity index (χ0n) is 15.7. The Labute approximate surface area is 174 Å². The van der Waals surface area contributed by atoms with E-state index in [2.05, 4.69) is 44.6 Å². The van der Waals surface area contributed by atoms with Gasteiger partial charge in [0.15, 0.2) is 0 Å². The summed E-state index contributed by atoms with van der Waals surface area (Å²) in [5.74, 6) is 0.121. The molecule has 2 aromatic rings. The van der Waals surface area contributed by atoms with E-state index in [-0.39, 0.29) is 17.9 Å². The van der Waals surface area contributed by atoms with Gasteiger partial charge >= 0.3 is 0 Å². The van der Waals surface area contributed by atoms with Gasteiger partial charge in [0.25, 0.3) is 5.91 Å². The molecule has 0 radical (unpaired) electrons. The Morgan fingerprint density at radius 2 is 1.82 bits per heavy atom. The van der Waals surface area contributed by atoms with Crippen molar-refractivity contribution in [2.24, 2.45) is 0 Å². The van der Waals surface area contributed by atoms with Crippen LogP contribution in [0.25, 0.3) is 0 Å². The molecule has 5 nitrogen and oxygen atoms in total. The lowest BCUT2D eigenvalue weighted by Crippen LogP contribution is -2.44. The first-order valence-corrected chi connectivity index (χ1v) is 10.5. The molecule has 2 heterocycles. The maximum absolute atomic E-state index is 12.3. The molecule has 0 aromatic heterocycles. The van der Waals surface area contributed by atoms with Crippen LogP contribution < -0.4 is 9.24 Å². The van der Waals surface area contributed by atoms with Crippen molar-refractivity contribution in [3.8, 4) is 0 Å². The Morgan fingerprint density at radius 1 is 1.07 bits per heavy atom. The van der Waals surface area contributed by atoms with E-state index in [0.29, 0.717) is 12.0 Å². The van der Waals surface area contributed by atoms with Gasteiger partial charge in [0.1, 0.15) is 0 Å². The van der Waals surface area contributed by atoms with Gasteiger partial charge in [0, 0.05) is 37.7 Å². The van der Waals surface area contributed by atoms with Crippen LogP contribution in [-0.4, -0.2) is 35.8 Å². The first kappa shape index (κ1) is 19.2. The number of carbonyl (C=O) groups excluding carboxylic acids is 2. The maximum atomic E-state index is 12.3. The van der Waals surface area contributed by atoms with E-state index in [4.69, 9.17) is 0 Å². The molecule has 146 valence electrons. The van der Waals surface area contributed by atoms with Gasteiger partial charge in [-0.05, 0) is 48.6 Å². The minimum absolute atomic E-state index is 0.0100. The Kier molecular flexibility index (Phi) is 5.78. The molecule has 2 aromatic carbocycles. The third-order valence-electron chi connectivity index (χ3n) is 5.55. The first-order chi connectivity index (χ1) is 13.6. The van der Waals surface area contributed by atoms with Crippen molar-refractivity contribution in [3.63, 3.8) is 0 Å². The van der Waals surface area contributed by atoms with Gasteiger partial charge in [-0.3, -0.25) is 14.5 Å². The number of amides is 2. The average Bonchev–Trinajstić information content (AvgIpc) is 2.73. The second kappa shape index (κ2) is 8.45. The van der Waals surface area contributed by atoms with Gasteiger partial charge in [-0.25, -0.2) is 3.93 Å². The van der Waals surface area contributed by atoms with Crippen LogP contribution >= 0.6 is 16.1 Å². The standard InChI is InChI=1S/C22H24BrN3O2/c23-26-20-14-16(6-7-17(20)8-9-21(26)27)15-25-12-10-19(11-13-25)24-22(28)18-4-2-1-3-5-18/h1-7,14,19H,8-13,15H2,(H,24,28). The van der Waals surface area contributed by atoms with Crippen LogP contribution in [-0.2, 0) is 17.8 Å². The highest BCUT2D eigenvalue weighted by molar-refractivity contribution is 9.10. The van der Waals surface area contributed by atoms with Crippen LogP contribution in [0.4, 0.5) is 5.69 Å². The highest BCUT2D eigenvalue weighted by Crippen LogP contribution is 2.31. The average molecular weight is 442 g/mol. The number of benzene rings is 2. The fourth-order valence-electron chi connectivity index (χ4n) is 3.93. The molecule has 0 aliphatic carbocycles. The van der Waals surface area contributed by atoms with Crippen molar-refractivity contribution >= 4 is 33.6 Å². The fraction of sp³-hybridized carbons (Fsp3) is 0.364. The molecule has 0 spiro atoms. The molecule has 2 aliphatic rings. The summed E-state index contributed by atoms with van der Waals surface area (Å²) >= 11 is 3.39. The Bertz CT molecular complexity index is 863. The number of carbonyl (C=O) groups is 2. The molecule has 1 fully saturated rings. The van der Waals surface area contributed by atoms with E-state index < -0.39 is 0 Å². The summed E-state index contributed by atoms with van der Waals surface area (Å²) in [4.78, 5) is 26.6. The van der Waals surface area contributed by atoms with Crippen LogP contribution in [0.2, 0.25) is 0 Å². The van der Waals surface area contributed by atoms with Crippen molar-refractivity contribution in [1.82, 2.24) is 10.2 Å². The highest BCUT2D eigenvalue weighted by atomic mass is 79.9. The van der Waals surface area contributed by atoms with Gasteiger partial charge in [-0.2, -0.15) is 0 Å². The van der Waals surface area contributed by atoms with E-state index in [0.717, 1.165) is 44.6 Å². The van der Waals surface area contributed by atoms with Crippen molar-refractivity contribution in [1.29, 1.82) is 0 Å². The zero-order valence-corrected chi connectivity index (χ0v) is 17.3. The van der Waals surface area contributed by atoms with E-state index in [9.17, 15) is 9.59 Å². The van der Waals surface area contributed by atoms with Crippen LogP contribution in [0, 0.1) is 0 Å². The summed E-state index contributed by atoms with van der Waals surface area (Å²) in [6.45, 7) is 2.77. The van der Waals surface area contributed by atoms with E-state index in [1.165, 1.54) is 11.1 Å². The smallest absolute Gasteiger partial charge is 0.251 e.